The molecule has 0 aromatic heterocycles. The molecule has 2 aliphatic heterocycles. The van der Waals surface area contributed by atoms with E-state index in [0.29, 0.717) is 132 Å². The van der Waals surface area contributed by atoms with Crippen molar-refractivity contribution in [2.24, 2.45) is 0 Å². The van der Waals surface area contributed by atoms with Crippen LogP contribution in [-0.2, 0) is 37.9 Å². The van der Waals surface area contributed by atoms with Gasteiger partial charge in [0.2, 0.25) is 0 Å². The third kappa shape index (κ3) is 14.2. The topological polar surface area (TPSA) is 89.1 Å². The quantitative estimate of drug-likeness (QED) is 0.183. The zero-order valence-electron chi connectivity index (χ0n) is 23.5. The molecular formula is C26H49F3N2O8. The molecule has 0 atom stereocenters. The summed E-state index contributed by atoms with van der Waals surface area (Å²) in [4.78, 5) is 1.64. The summed E-state index contributed by atoms with van der Waals surface area (Å²) in [5.41, 5.74) is -1.69. The van der Waals surface area contributed by atoms with E-state index in [1.54, 1.807) is 12.0 Å². The van der Waals surface area contributed by atoms with Crippen molar-refractivity contribution >= 4 is 0 Å². The smallest absolute Gasteiger partial charge is 0.382 e. The van der Waals surface area contributed by atoms with E-state index in [9.17, 15) is 13.2 Å². The second-order valence-electron chi connectivity index (χ2n) is 9.50. The fraction of sp³-hybridized carbons (Fsp3) is 1.00. The van der Waals surface area contributed by atoms with Crippen LogP contribution >= 0.6 is 0 Å². The molecule has 1 N–H and O–H groups in total. The monoisotopic (exact) mass is 574 g/mol. The van der Waals surface area contributed by atoms with Gasteiger partial charge in [-0.3, -0.25) is 4.90 Å². The first-order chi connectivity index (χ1) is 19.0. The molecule has 39 heavy (non-hydrogen) atoms. The molecule has 232 valence electrons. The Kier molecular flexibility index (Phi) is 18.8. The number of rotatable bonds is 23. The van der Waals surface area contributed by atoms with Gasteiger partial charge in [0.1, 0.15) is 5.54 Å². The van der Waals surface area contributed by atoms with E-state index in [1.807, 2.05) is 0 Å². The lowest BCUT2D eigenvalue weighted by molar-refractivity contribution is -0.245. The number of ether oxygens (including phenoxy) is 8. The van der Waals surface area contributed by atoms with E-state index in [4.69, 9.17) is 37.9 Å². The number of hydrogen-bond acceptors (Lipinski definition) is 10. The number of likely N-dealkylation sites (tertiary alicyclic amines) is 1. The van der Waals surface area contributed by atoms with Gasteiger partial charge in [-0.25, -0.2) is 0 Å². The SMILES string of the molecule is COCCOCCOCCOCCOCCOCCOCCOC1CCN(C2(C(F)(F)F)CCNCC2)CC1. The third-order valence-corrected chi connectivity index (χ3v) is 6.88. The van der Waals surface area contributed by atoms with E-state index in [0.717, 1.165) is 0 Å². The molecule has 0 spiro atoms. The summed E-state index contributed by atoms with van der Waals surface area (Å²) < 4.78 is 84.9. The molecule has 10 nitrogen and oxygen atoms in total. The lowest BCUT2D eigenvalue weighted by Crippen LogP contribution is -2.64. The van der Waals surface area contributed by atoms with Crippen LogP contribution in [-0.4, -0.2) is 149 Å². The van der Waals surface area contributed by atoms with Crippen molar-refractivity contribution in [2.75, 3.05) is 126 Å². The van der Waals surface area contributed by atoms with Crippen LogP contribution in [0.25, 0.3) is 0 Å². The maximum absolute atomic E-state index is 13.9. The summed E-state index contributed by atoms with van der Waals surface area (Å²) in [7, 11) is 1.64. The number of nitrogens with one attached hydrogen (secondary N) is 1. The number of nitrogens with zero attached hydrogens (tertiary/aromatic N) is 1. The van der Waals surface area contributed by atoms with Crippen LogP contribution in [0.1, 0.15) is 25.7 Å². The second kappa shape index (κ2) is 21.1. The van der Waals surface area contributed by atoms with Gasteiger partial charge in [0.25, 0.3) is 0 Å². The van der Waals surface area contributed by atoms with Gasteiger partial charge in [0.05, 0.1) is 98.6 Å². The highest BCUT2D eigenvalue weighted by Gasteiger charge is 2.58. The zero-order chi connectivity index (χ0) is 28.1. The summed E-state index contributed by atoms with van der Waals surface area (Å²) in [5, 5.41) is 3.05. The number of piperidine rings is 2. The normalized spacial score (nSPS) is 19.1. The molecule has 13 heteroatoms. The molecule has 2 rings (SSSR count). The van der Waals surface area contributed by atoms with Crippen molar-refractivity contribution in [1.82, 2.24) is 10.2 Å². The summed E-state index contributed by atoms with van der Waals surface area (Å²) >= 11 is 0. The summed E-state index contributed by atoms with van der Waals surface area (Å²) in [6.45, 7) is 8.58. The van der Waals surface area contributed by atoms with Gasteiger partial charge < -0.3 is 43.2 Å². The molecule has 0 aromatic rings. The molecule has 0 unspecified atom stereocenters. The van der Waals surface area contributed by atoms with Crippen molar-refractivity contribution in [3.63, 3.8) is 0 Å². The molecule has 2 aliphatic rings. The van der Waals surface area contributed by atoms with Crippen molar-refractivity contribution < 1.29 is 51.1 Å². The first-order valence-electron chi connectivity index (χ1n) is 14.1. The molecule has 0 amide bonds. The lowest BCUT2D eigenvalue weighted by atomic mass is 9.84. The highest BCUT2D eigenvalue weighted by molar-refractivity contribution is 5.01. The minimum Gasteiger partial charge on any atom is -0.382 e. The summed E-state index contributed by atoms with van der Waals surface area (Å²) in [6, 6.07) is 0. The Morgan fingerprint density at radius 2 is 1.03 bits per heavy atom. The molecular weight excluding hydrogens is 525 g/mol. The Bertz CT molecular complexity index is 578. The maximum Gasteiger partial charge on any atom is 0.406 e. The predicted molar refractivity (Wildman–Crippen MR) is 138 cm³/mol. The van der Waals surface area contributed by atoms with E-state index < -0.39 is 11.7 Å². The standard InChI is InChI=1S/C26H49F3N2O8/c1-32-10-11-33-12-13-34-14-15-35-16-17-36-18-19-37-20-21-38-22-23-39-24-2-8-31(9-3-24)25(26(27,28)29)4-6-30-7-5-25/h24,30H,2-23H2,1H3. The van der Waals surface area contributed by atoms with Crippen molar-refractivity contribution in [3.8, 4) is 0 Å². The van der Waals surface area contributed by atoms with E-state index in [1.165, 1.54) is 0 Å². The van der Waals surface area contributed by atoms with Gasteiger partial charge in [0.15, 0.2) is 0 Å². The molecule has 0 saturated carbocycles. The predicted octanol–water partition coefficient (Wildman–Crippen LogP) is 1.90. The van der Waals surface area contributed by atoms with Crippen LogP contribution in [0.2, 0.25) is 0 Å². The maximum atomic E-state index is 13.9. The highest BCUT2D eigenvalue weighted by Crippen LogP contribution is 2.43. The summed E-state index contributed by atoms with van der Waals surface area (Å²) in [6.07, 6.45) is -2.79. The van der Waals surface area contributed by atoms with Crippen LogP contribution in [0.15, 0.2) is 0 Å². The Morgan fingerprint density at radius 3 is 1.41 bits per heavy atom. The average Bonchev–Trinajstić information content (AvgIpc) is 2.94. The minimum atomic E-state index is -4.21. The van der Waals surface area contributed by atoms with Gasteiger partial charge in [-0.05, 0) is 38.8 Å². The first-order valence-corrected chi connectivity index (χ1v) is 14.1. The molecule has 0 radical (unpaired) electrons. The van der Waals surface area contributed by atoms with Gasteiger partial charge in [-0.1, -0.05) is 0 Å². The van der Waals surface area contributed by atoms with Crippen LogP contribution in [0, 0.1) is 0 Å². The molecule has 0 bridgehead atoms. The van der Waals surface area contributed by atoms with Crippen molar-refractivity contribution in [2.45, 2.75) is 43.5 Å². The van der Waals surface area contributed by atoms with Gasteiger partial charge in [0, 0.05) is 20.2 Å². The van der Waals surface area contributed by atoms with Crippen LogP contribution < -0.4 is 5.32 Å². The fourth-order valence-electron chi connectivity index (χ4n) is 4.69. The molecule has 0 aromatic carbocycles. The van der Waals surface area contributed by atoms with Gasteiger partial charge in [-0.15, -0.1) is 0 Å². The van der Waals surface area contributed by atoms with Gasteiger partial charge in [-0.2, -0.15) is 13.2 Å². The second-order valence-corrected chi connectivity index (χ2v) is 9.50. The van der Waals surface area contributed by atoms with E-state index in [-0.39, 0.29) is 18.9 Å². The highest BCUT2D eigenvalue weighted by atomic mass is 19.4. The van der Waals surface area contributed by atoms with Crippen molar-refractivity contribution in [3.05, 3.63) is 0 Å². The van der Waals surface area contributed by atoms with E-state index >= 15 is 0 Å². The number of methoxy groups -OCH3 is 1. The number of halogens is 3. The molecule has 0 aliphatic carbocycles. The third-order valence-electron chi connectivity index (χ3n) is 6.88. The fourth-order valence-corrected chi connectivity index (χ4v) is 4.69. The van der Waals surface area contributed by atoms with E-state index in [2.05, 4.69) is 5.32 Å². The largest absolute Gasteiger partial charge is 0.406 e. The zero-order valence-corrected chi connectivity index (χ0v) is 23.5. The Hall–Kier alpha value is -0.610. The summed E-state index contributed by atoms with van der Waals surface area (Å²) in [5.74, 6) is 0. The first kappa shape index (κ1) is 34.6. The van der Waals surface area contributed by atoms with Crippen molar-refractivity contribution in [1.29, 1.82) is 0 Å². The van der Waals surface area contributed by atoms with Crippen LogP contribution in [0.5, 0.6) is 0 Å². The Labute approximate surface area is 231 Å². The van der Waals surface area contributed by atoms with Crippen LogP contribution in [0.4, 0.5) is 13.2 Å². The molecule has 2 fully saturated rings. The Balaban J connectivity index is 1.32. The average molecular weight is 575 g/mol. The Morgan fingerprint density at radius 1 is 0.641 bits per heavy atom. The lowest BCUT2D eigenvalue weighted by Gasteiger charge is -2.49. The number of hydrogen-bond donors (Lipinski definition) is 1. The molecule has 2 heterocycles. The van der Waals surface area contributed by atoms with Gasteiger partial charge >= 0.3 is 6.18 Å². The number of alkyl halides is 3. The molecule has 2 saturated heterocycles. The van der Waals surface area contributed by atoms with Crippen LogP contribution in [0.3, 0.4) is 0 Å². The minimum absolute atomic E-state index is 0.0207.